The van der Waals surface area contributed by atoms with Crippen LogP contribution in [0.5, 0.6) is 5.75 Å². The molecular formula is C24H23NO8S. The van der Waals surface area contributed by atoms with Crippen molar-refractivity contribution in [3.8, 4) is 5.75 Å². The SMILES string of the molecule is CCOC(=O)c1c(NC(=O)COC(=O)c2cc3cccc(OC)c3oc2=O)sc2c1CCCC2. The zero-order valence-electron chi connectivity index (χ0n) is 18.7. The highest BCUT2D eigenvalue weighted by Crippen LogP contribution is 2.38. The molecule has 2 aromatic heterocycles. The number of ether oxygens (including phenoxy) is 3. The number of carbonyl (C=O) groups excluding carboxylic acids is 3. The summed E-state index contributed by atoms with van der Waals surface area (Å²) in [6.07, 6.45) is 3.55. The number of hydrogen-bond donors (Lipinski definition) is 1. The summed E-state index contributed by atoms with van der Waals surface area (Å²) in [5.41, 5.74) is 0.235. The number of amides is 1. The molecule has 1 N–H and O–H groups in total. The summed E-state index contributed by atoms with van der Waals surface area (Å²) in [6.45, 7) is 1.29. The van der Waals surface area contributed by atoms with Crippen molar-refractivity contribution in [1.82, 2.24) is 0 Å². The molecule has 1 aliphatic carbocycles. The van der Waals surface area contributed by atoms with E-state index in [-0.39, 0.29) is 17.8 Å². The number of rotatable bonds is 7. The van der Waals surface area contributed by atoms with Crippen LogP contribution in [0.4, 0.5) is 5.00 Å². The number of hydrogen-bond acceptors (Lipinski definition) is 9. The number of methoxy groups -OCH3 is 1. The van der Waals surface area contributed by atoms with E-state index < -0.39 is 30.1 Å². The molecule has 0 bridgehead atoms. The lowest BCUT2D eigenvalue weighted by Crippen LogP contribution is -2.24. The Kier molecular flexibility index (Phi) is 6.97. The average molecular weight is 486 g/mol. The van der Waals surface area contributed by atoms with Crippen molar-refractivity contribution in [3.05, 3.63) is 56.3 Å². The minimum atomic E-state index is -0.996. The number of aryl methyl sites for hydroxylation is 1. The first-order valence-electron chi connectivity index (χ1n) is 10.8. The van der Waals surface area contributed by atoms with Gasteiger partial charge in [-0.2, -0.15) is 0 Å². The summed E-state index contributed by atoms with van der Waals surface area (Å²) in [4.78, 5) is 50.9. The van der Waals surface area contributed by atoms with E-state index in [0.717, 1.165) is 36.1 Å². The van der Waals surface area contributed by atoms with Crippen molar-refractivity contribution in [3.63, 3.8) is 0 Å². The first-order chi connectivity index (χ1) is 16.4. The molecule has 0 radical (unpaired) electrons. The lowest BCUT2D eigenvalue weighted by atomic mass is 9.95. The van der Waals surface area contributed by atoms with Gasteiger partial charge in [0, 0.05) is 10.3 Å². The fourth-order valence-electron chi connectivity index (χ4n) is 3.87. The first kappa shape index (κ1) is 23.5. The summed E-state index contributed by atoms with van der Waals surface area (Å²) in [7, 11) is 1.44. The van der Waals surface area contributed by atoms with Crippen LogP contribution in [0, 0.1) is 0 Å². The van der Waals surface area contributed by atoms with Gasteiger partial charge in [0.15, 0.2) is 17.9 Å². The van der Waals surface area contributed by atoms with Gasteiger partial charge in [-0.25, -0.2) is 14.4 Å². The van der Waals surface area contributed by atoms with E-state index in [9.17, 15) is 19.2 Å². The van der Waals surface area contributed by atoms with Gasteiger partial charge in [-0.3, -0.25) is 4.79 Å². The molecule has 0 aliphatic heterocycles. The molecule has 10 heteroatoms. The van der Waals surface area contributed by atoms with Gasteiger partial charge in [-0.15, -0.1) is 11.3 Å². The molecule has 1 aliphatic rings. The molecule has 0 atom stereocenters. The molecule has 2 heterocycles. The van der Waals surface area contributed by atoms with Crippen molar-refractivity contribution in [2.45, 2.75) is 32.6 Å². The number of benzene rings is 1. The fourth-order valence-corrected chi connectivity index (χ4v) is 5.16. The normalized spacial score (nSPS) is 12.6. The minimum absolute atomic E-state index is 0.206. The summed E-state index contributed by atoms with van der Waals surface area (Å²) in [5.74, 6) is -1.77. The van der Waals surface area contributed by atoms with Gasteiger partial charge < -0.3 is 23.9 Å². The molecular weight excluding hydrogens is 462 g/mol. The fraction of sp³-hybridized carbons (Fsp3) is 0.333. The van der Waals surface area contributed by atoms with E-state index in [1.54, 1.807) is 25.1 Å². The predicted molar refractivity (Wildman–Crippen MR) is 125 cm³/mol. The van der Waals surface area contributed by atoms with Gasteiger partial charge in [-0.05, 0) is 50.3 Å². The van der Waals surface area contributed by atoms with Crippen LogP contribution in [0.15, 0.2) is 33.5 Å². The summed E-state index contributed by atoms with van der Waals surface area (Å²) >= 11 is 1.33. The summed E-state index contributed by atoms with van der Waals surface area (Å²) < 4.78 is 20.6. The zero-order chi connectivity index (χ0) is 24.2. The molecule has 4 rings (SSSR count). The quantitative estimate of drug-likeness (QED) is 0.397. The Bertz CT molecular complexity index is 1320. The van der Waals surface area contributed by atoms with Crippen LogP contribution in [0.2, 0.25) is 0 Å². The van der Waals surface area contributed by atoms with Crippen LogP contribution in [0.3, 0.4) is 0 Å². The van der Waals surface area contributed by atoms with Gasteiger partial charge in [-0.1, -0.05) is 12.1 Å². The van der Waals surface area contributed by atoms with Crippen LogP contribution in [-0.2, 0) is 27.1 Å². The standard InChI is InChI=1S/C24H23NO8S/c1-3-31-24(29)19-14-8-4-5-10-17(14)34-21(19)25-18(26)12-32-22(27)15-11-13-7-6-9-16(30-2)20(13)33-23(15)28/h6-7,9,11H,3-5,8,10,12H2,1-2H3,(H,25,26). The summed E-state index contributed by atoms with van der Waals surface area (Å²) in [6, 6.07) is 6.29. The van der Waals surface area contributed by atoms with Gasteiger partial charge in [0.1, 0.15) is 10.6 Å². The number of para-hydroxylation sites is 1. The number of anilines is 1. The maximum absolute atomic E-state index is 12.5. The lowest BCUT2D eigenvalue weighted by Gasteiger charge is -2.12. The first-order valence-corrected chi connectivity index (χ1v) is 11.6. The van der Waals surface area contributed by atoms with Crippen molar-refractivity contribution in [2.75, 3.05) is 25.6 Å². The van der Waals surface area contributed by atoms with E-state index in [2.05, 4.69) is 5.32 Å². The van der Waals surface area contributed by atoms with Crippen LogP contribution in [0.1, 0.15) is 50.9 Å². The maximum atomic E-state index is 12.5. The zero-order valence-corrected chi connectivity index (χ0v) is 19.5. The molecule has 34 heavy (non-hydrogen) atoms. The Balaban J connectivity index is 1.48. The minimum Gasteiger partial charge on any atom is -0.493 e. The number of esters is 2. The molecule has 0 spiro atoms. The highest BCUT2D eigenvalue weighted by molar-refractivity contribution is 7.17. The second-order valence-electron chi connectivity index (χ2n) is 7.59. The largest absolute Gasteiger partial charge is 0.493 e. The van der Waals surface area contributed by atoms with E-state index in [1.807, 2.05) is 0 Å². The van der Waals surface area contributed by atoms with Crippen molar-refractivity contribution >= 4 is 45.2 Å². The van der Waals surface area contributed by atoms with Crippen LogP contribution >= 0.6 is 11.3 Å². The van der Waals surface area contributed by atoms with Gasteiger partial charge in [0.05, 0.1) is 19.3 Å². The van der Waals surface area contributed by atoms with E-state index in [1.165, 1.54) is 24.5 Å². The number of nitrogens with one attached hydrogen (secondary N) is 1. The van der Waals surface area contributed by atoms with Gasteiger partial charge in [0.2, 0.25) is 0 Å². The van der Waals surface area contributed by atoms with E-state index >= 15 is 0 Å². The third-order valence-corrected chi connectivity index (χ3v) is 6.61. The van der Waals surface area contributed by atoms with Crippen LogP contribution < -0.4 is 15.7 Å². The molecule has 9 nitrogen and oxygen atoms in total. The number of carbonyl (C=O) groups is 3. The monoisotopic (exact) mass is 485 g/mol. The van der Waals surface area contributed by atoms with E-state index in [0.29, 0.717) is 21.7 Å². The molecule has 1 amide bonds. The van der Waals surface area contributed by atoms with Crippen LogP contribution in [-0.4, -0.2) is 38.2 Å². The number of fused-ring (bicyclic) bond motifs is 2. The molecule has 178 valence electrons. The Morgan fingerprint density at radius 3 is 2.68 bits per heavy atom. The van der Waals surface area contributed by atoms with Crippen molar-refractivity contribution in [2.24, 2.45) is 0 Å². The predicted octanol–water partition coefficient (Wildman–Crippen LogP) is 3.71. The van der Waals surface area contributed by atoms with Crippen molar-refractivity contribution in [1.29, 1.82) is 0 Å². The Hall–Kier alpha value is -3.66. The lowest BCUT2D eigenvalue weighted by molar-refractivity contribution is -0.119. The highest BCUT2D eigenvalue weighted by Gasteiger charge is 2.27. The molecule has 0 unspecified atom stereocenters. The van der Waals surface area contributed by atoms with Gasteiger partial charge in [0.25, 0.3) is 5.91 Å². The smallest absolute Gasteiger partial charge is 0.351 e. The second-order valence-corrected chi connectivity index (χ2v) is 8.69. The van der Waals surface area contributed by atoms with Gasteiger partial charge >= 0.3 is 17.6 Å². The summed E-state index contributed by atoms with van der Waals surface area (Å²) in [5, 5.41) is 3.51. The average Bonchev–Trinajstić information content (AvgIpc) is 3.19. The van der Waals surface area contributed by atoms with Crippen molar-refractivity contribution < 1.29 is 33.0 Å². The second kappa shape index (κ2) is 10.1. The molecule has 0 fully saturated rings. The maximum Gasteiger partial charge on any atom is 0.351 e. The molecule has 0 saturated carbocycles. The Morgan fingerprint density at radius 2 is 1.91 bits per heavy atom. The molecule has 0 saturated heterocycles. The topological polar surface area (TPSA) is 121 Å². The van der Waals surface area contributed by atoms with E-state index in [4.69, 9.17) is 18.6 Å². The molecule has 3 aromatic rings. The Labute approximate surface area is 198 Å². The molecule has 1 aromatic carbocycles. The highest BCUT2D eigenvalue weighted by atomic mass is 32.1. The third kappa shape index (κ3) is 4.67. The van der Waals surface area contributed by atoms with Crippen LogP contribution in [0.25, 0.3) is 11.0 Å². The number of thiophene rings is 1. The Morgan fingerprint density at radius 1 is 1.12 bits per heavy atom. The third-order valence-electron chi connectivity index (χ3n) is 5.40.